The van der Waals surface area contributed by atoms with Gasteiger partial charge in [-0.25, -0.2) is 10.8 Å². The van der Waals surface area contributed by atoms with Gasteiger partial charge >= 0.3 is 0 Å². The zero-order valence-electron chi connectivity index (χ0n) is 7.70. The number of nitrogens with two attached hydrogens (primary N) is 1. The van der Waals surface area contributed by atoms with Crippen molar-refractivity contribution < 1.29 is 0 Å². The van der Waals surface area contributed by atoms with Crippen LogP contribution in [0.15, 0.2) is 10.7 Å². The van der Waals surface area contributed by atoms with Gasteiger partial charge in [-0.15, -0.1) is 0 Å². The molecule has 0 atom stereocenters. The summed E-state index contributed by atoms with van der Waals surface area (Å²) < 4.78 is 0.915. The molecule has 3 N–H and O–H groups in total. The van der Waals surface area contributed by atoms with Gasteiger partial charge in [-0.2, -0.15) is 4.98 Å². The highest BCUT2D eigenvalue weighted by atomic mass is 79.9. The molecule has 0 aliphatic carbocycles. The SMILES string of the molecule is NNc1ncc(Br)c(N2CCCC2)n1. The molecule has 0 amide bonds. The maximum atomic E-state index is 5.26. The van der Waals surface area contributed by atoms with E-state index in [4.69, 9.17) is 5.84 Å². The molecule has 2 heterocycles. The summed E-state index contributed by atoms with van der Waals surface area (Å²) in [6.07, 6.45) is 4.17. The highest BCUT2D eigenvalue weighted by Crippen LogP contribution is 2.26. The van der Waals surface area contributed by atoms with Crippen LogP contribution in [0.4, 0.5) is 11.8 Å². The van der Waals surface area contributed by atoms with Crippen LogP contribution in [-0.4, -0.2) is 23.1 Å². The number of hydrazine groups is 1. The first-order valence-electron chi connectivity index (χ1n) is 4.55. The van der Waals surface area contributed by atoms with Gasteiger partial charge in [0.1, 0.15) is 5.82 Å². The van der Waals surface area contributed by atoms with Crippen LogP contribution >= 0.6 is 15.9 Å². The van der Waals surface area contributed by atoms with Gasteiger partial charge in [-0.05, 0) is 28.8 Å². The van der Waals surface area contributed by atoms with E-state index in [1.54, 1.807) is 6.20 Å². The van der Waals surface area contributed by atoms with E-state index in [1.807, 2.05) is 0 Å². The Morgan fingerprint density at radius 3 is 2.79 bits per heavy atom. The molecule has 0 saturated carbocycles. The molecule has 1 aromatic heterocycles. The first-order valence-corrected chi connectivity index (χ1v) is 5.34. The zero-order chi connectivity index (χ0) is 9.97. The number of halogens is 1. The minimum Gasteiger partial charge on any atom is -0.356 e. The predicted octanol–water partition coefficient (Wildman–Crippen LogP) is 1.12. The number of anilines is 2. The summed E-state index contributed by atoms with van der Waals surface area (Å²) in [6, 6.07) is 0. The number of nitrogens with zero attached hydrogens (tertiary/aromatic N) is 3. The minimum absolute atomic E-state index is 0.454. The second kappa shape index (κ2) is 4.10. The molecular formula is C8H12BrN5. The van der Waals surface area contributed by atoms with E-state index in [0.29, 0.717) is 5.95 Å². The van der Waals surface area contributed by atoms with Crippen LogP contribution in [0.3, 0.4) is 0 Å². The molecular weight excluding hydrogens is 246 g/mol. The first kappa shape index (κ1) is 9.67. The Kier molecular flexibility index (Phi) is 2.83. The molecule has 1 saturated heterocycles. The fraction of sp³-hybridized carbons (Fsp3) is 0.500. The monoisotopic (exact) mass is 257 g/mol. The third-order valence-electron chi connectivity index (χ3n) is 2.26. The third-order valence-corrected chi connectivity index (χ3v) is 2.82. The molecule has 76 valence electrons. The van der Waals surface area contributed by atoms with E-state index < -0.39 is 0 Å². The zero-order valence-corrected chi connectivity index (χ0v) is 9.29. The van der Waals surface area contributed by atoms with Gasteiger partial charge in [-0.3, -0.25) is 5.43 Å². The van der Waals surface area contributed by atoms with E-state index in [2.05, 4.69) is 36.2 Å². The van der Waals surface area contributed by atoms with Crippen molar-refractivity contribution in [3.05, 3.63) is 10.7 Å². The van der Waals surface area contributed by atoms with Crippen molar-refractivity contribution in [3.63, 3.8) is 0 Å². The van der Waals surface area contributed by atoms with Gasteiger partial charge < -0.3 is 4.90 Å². The number of aromatic nitrogens is 2. The minimum atomic E-state index is 0.454. The third kappa shape index (κ3) is 1.80. The van der Waals surface area contributed by atoms with Crippen LogP contribution in [0.1, 0.15) is 12.8 Å². The number of hydrogen-bond donors (Lipinski definition) is 2. The highest BCUT2D eigenvalue weighted by molar-refractivity contribution is 9.10. The van der Waals surface area contributed by atoms with Crippen molar-refractivity contribution in [2.75, 3.05) is 23.4 Å². The molecule has 0 unspecified atom stereocenters. The summed E-state index contributed by atoms with van der Waals surface area (Å²) in [4.78, 5) is 10.5. The lowest BCUT2D eigenvalue weighted by Crippen LogP contribution is -2.21. The van der Waals surface area contributed by atoms with Crippen molar-refractivity contribution in [2.24, 2.45) is 5.84 Å². The Balaban J connectivity index is 2.29. The molecule has 1 aliphatic heterocycles. The summed E-state index contributed by atoms with van der Waals surface area (Å²) in [5, 5.41) is 0. The van der Waals surface area contributed by atoms with Crippen LogP contribution in [0.2, 0.25) is 0 Å². The average Bonchev–Trinajstić information content (AvgIpc) is 2.71. The smallest absolute Gasteiger partial charge is 0.239 e. The van der Waals surface area contributed by atoms with Crippen LogP contribution in [0, 0.1) is 0 Å². The average molecular weight is 258 g/mol. The lowest BCUT2D eigenvalue weighted by molar-refractivity contribution is 0.920. The Labute approximate surface area is 90.8 Å². The van der Waals surface area contributed by atoms with E-state index >= 15 is 0 Å². The summed E-state index contributed by atoms with van der Waals surface area (Å²) in [5.41, 5.74) is 2.45. The Morgan fingerprint density at radius 1 is 1.43 bits per heavy atom. The first-order chi connectivity index (χ1) is 6.81. The molecule has 0 radical (unpaired) electrons. The van der Waals surface area contributed by atoms with Crippen molar-refractivity contribution in [3.8, 4) is 0 Å². The molecule has 0 aromatic carbocycles. The number of nitrogen functional groups attached to an aromatic ring is 1. The van der Waals surface area contributed by atoms with Gasteiger partial charge in [-0.1, -0.05) is 0 Å². The molecule has 5 nitrogen and oxygen atoms in total. The number of rotatable bonds is 2. The second-order valence-electron chi connectivity index (χ2n) is 3.20. The lowest BCUT2D eigenvalue weighted by atomic mass is 10.4. The standard InChI is InChI=1S/C8H12BrN5/c9-6-5-11-8(13-10)12-7(6)14-3-1-2-4-14/h5H,1-4,10H2,(H,11,12,13). The molecule has 2 rings (SSSR count). The summed E-state index contributed by atoms with van der Waals surface area (Å²) >= 11 is 3.43. The second-order valence-corrected chi connectivity index (χ2v) is 4.06. The Bertz CT molecular complexity index is 324. The van der Waals surface area contributed by atoms with Gasteiger partial charge in [0.2, 0.25) is 5.95 Å². The van der Waals surface area contributed by atoms with Gasteiger partial charge in [0.05, 0.1) is 4.47 Å². The molecule has 0 bridgehead atoms. The van der Waals surface area contributed by atoms with Gasteiger partial charge in [0.15, 0.2) is 0 Å². The fourth-order valence-electron chi connectivity index (χ4n) is 1.58. The maximum Gasteiger partial charge on any atom is 0.239 e. The van der Waals surface area contributed by atoms with Crippen LogP contribution in [0.25, 0.3) is 0 Å². The number of nitrogens with one attached hydrogen (secondary N) is 1. The summed E-state index contributed by atoms with van der Waals surface area (Å²) in [6.45, 7) is 2.11. The molecule has 6 heteroatoms. The highest BCUT2D eigenvalue weighted by Gasteiger charge is 2.16. The van der Waals surface area contributed by atoms with Crippen molar-refractivity contribution in [1.29, 1.82) is 0 Å². The molecule has 0 spiro atoms. The predicted molar refractivity (Wildman–Crippen MR) is 59.0 cm³/mol. The summed E-state index contributed by atoms with van der Waals surface area (Å²) in [5.74, 6) is 6.63. The lowest BCUT2D eigenvalue weighted by Gasteiger charge is -2.17. The van der Waals surface area contributed by atoms with E-state index in [9.17, 15) is 0 Å². The maximum absolute atomic E-state index is 5.26. The van der Waals surface area contributed by atoms with Gasteiger partial charge in [0.25, 0.3) is 0 Å². The molecule has 1 aliphatic rings. The summed E-state index contributed by atoms with van der Waals surface area (Å²) in [7, 11) is 0. The van der Waals surface area contributed by atoms with E-state index in [-0.39, 0.29) is 0 Å². The normalized spacial score (nSPS) is 16.0. The fourth-order valence-corrected chi connectivity index (χ4v) is 2.02. The quantitative estimate of drug-likeness (QED) is 0.614. The number of hydrogen-bond acceptors (Lipinski definition) is 5. The van der Waals surface area contributed by atoms with E-state index in [1.165, 1.54) is 12.8 Å². The largest absolute Gasteiger partial charge is 0.356 e. The molecule has 14 heavy (non-hydrogen) atoms. The Hall–Kier alpha value is -0.880. The molecule has 1 fully saturated rings. The van der Waals surface area contributed by atoms with Crippen LogP contribution < -0.4 is 16.2 Å². The van der Waals surface area contributed by atoms with Crippen LogP contribution in [-0.2, 0) is 0 Å². The Morgan fingerprint density at radius 2 is 2.14 bits per heavy atom. The van der Waals surface area contributed by atoms with Gasteiger partial charge in [0, 0.05) is 19.3 Å². The molecule has 1 aromatic rings. The van der Waals surface area contributed by atoms with Crippen molar-refractivity contribution >= 4 is 27.7 Å². The van der Waals surface area contributed by atoms with Crippen LogP contribution in [0.5, 0.6) is 0 Å². The van der Waals surface area contributed by atoms with Crippen molar-refractivity contribution in [2.45, 2.75) is 12.8 Å². The topological polar surface area (TPSA) is 67.1 Å². The van der Waals surface area contributed by atoms with Crippen molar-refractivity contribution in [1.82, 2.24) is 9.97 Å². The van der Waals surface area contributed by atoms with E-state index in [0.717, 1.165) is 23.4 Å².